The van der Waals surface area contributed by atoms with Gasteiger partial charge in [-0.05, 0) is 37.3 Å². The van der Waals surface area contributed by atoms with Crippen molar-refractivity contribution in [3.05, 3.63) is 48.3 Å². The van der Waals surface area contributed by atoms with Gasteiger partial charge in [-0.15, -0.1) is 24.0 Å². The number of halogens is 2. The second-order valence-corrected chi connectivity index (χ2v) is 6.09. The summed E-state index contributed by atoms with van der Waals surface area (Å²) in [5, 5.41) is 8.83. The SMILES string of the molecule is CCNC(=NCC(=O)Nc1cccc(F)c1)Nc1ccc2c(c1)OCCCO2.I. The highest BCUT2D eigenvalue weighted by Gasteiger charge is 2.11. The standard InChI is InChI=1S/C20H23FN4O3.HI/c1-2-22-20(23-13-19(26)24-15-6-3-5-14(21)11-15)25-16-7-8-17-18(12-16)28-10-4-9-27-17;/h3,5-8,11-12H,2,4,9-10,13H2,1H3,(H,24,26)(H2,22,23,25);1H. The maximum absolute atomic E-state index is 13.2. The summed E-state index contributed by atoms with van der Waals surface area (Å²) in [5.41, 5.74) is 1.15. The molecule has 0 saturated heterocycles. The van der Waals surface area contributed by atoms with E-state index >= 15 is 0 Å². The highest BCUT2D eigenvalue weighted by Crippen LogP contribution is 2.32. The van der Waals surface area contributed by atoms with E-state index in [0.29, 0.717) is 42.9 Å². The molecule has 0 radical (unpaired) electrons. The van der Waals surface area contributed by atoms with E-state index in [4.69, 9.17) is 9.47 Å². The Labute approximate surface area is 186 Å². The van der Waals surface area contributed by atoms with E-state index < -0.39 is 5.82 Å². The van der Waals surface area contributed by atoms with Gasteiger partial charge in [-0.1, -0.05) is 6.07 Å². The van der Waals surface area contributed by atoms with Crippen molar-refractivity contribution in [3.63, 3.8) is 0 Å². The molecule has 29 heavy (non-hydrogen) atoms. The summed E-state index contributed by atoms with van der Waals surface area (Å²) in [6.07, 6.45) is 0.835. The lowest BCUT2D eigenvalue weighted by Crippen LogP contribution is -2.31. The van der Waals surface area contributed by atoms with Crippen LogP contribution in [-0.4, -0.2) is 38.2 Å². The Hall–Kier alpha value is -2.56. The van der Waals surface area contributed by atoms with Crippen LogP contribution in [0.5, 0.6) is 11.5 Å². The zero-order chi connectivity index (χ0) is 19.8. The van der Waals surface area contributed by atoms with Crippen LogP contribution in [0, 0.1) is 5.82 Å². The molecule has 0 bridgehead atoms. The first kappa shape index (κ1) is 22.7. The third-order valence-electron chi connectivity index (χ3n) is 3.84. The van der Waals surface area contributed by atoms with E-state index in [2.05, 4.69) is 20.9 Å². The summed E-state index contributed by atoms with van der Waals surface area (Å²) in [6.45, 7) is 3.67. The smallest absolute Gasteiger partial charge is 0.246 e. The Morgan fingerprint density at radius 3 is 2.59 bits per heavy atom. The molecule has 156 valence electrons. The van der Waals surface area contributed by atoms with Crippen LogP contribution < -0.4 is 25.4 Å². The molecular formula is C20H24FIN4O3. The monoisotopic (exact) mass is 514 g/mol. The molecule has 0 atom stereocenters. The van der Waals surface area contributed by atoms with E-state index in [0.717, 1.165) is 12.1 Å². The molecule has 3 rings (SSSR count). The molecular weight excluding hydrogens is 490 g/mol. The summed E-state index contributed by atoms with van der Waals surface area (Å²) in [6, 6.07) is 11.2. The fourth-order valence-corrected chi connectivity index (χ4v) is 2.60. The minimum absolute atomic E-state index is 0. The van der Waals surface area contributed by atoms with Crippen molar-refractivity contribution in [3.8, 4) is 11.5 Å². The third-order valence-corrected chi connectivity index (χ3v) is 3.84. The average molecular weight is 514 g/mol. The number of carbonyl (C=O) groups excluding carboxylic acids is 1. The molecule has 1 aliphatic heterocycles. The Morgan fingerprint density at radius 2 is 1.83 bits per heavy atom. The second kappa shape index (κ2) is 11.4. The van der Waals surface area contributed by atoms with E-state index in [1.54, 1.807) is 6.07 Å². The van der Waals surface area contributed by atoms with Gasteiger partial charge in [0.25, 0.3) is 0 Å². The normalized spacial score (nSPS) is 13.0. The molecule has 0 aromatic heterocycles. The number of rotatable bonds is 5. The van der Waals surface area contributed by atoms with Crippen LogP contribution >= 0.6 is 24.0 Å². The minimum Gasteiger partial charge on any atom is -0.490 e. The average Bonchev–Trinajstić information content (AvgIpc) is 2.91. The van der Waals surface area contributed by atoms with Crippen LogP contribution in [0.4, 0.5) is 15.8 Å². The van der Waals surface area contributed by atoms with Crippen LogP contribution in [0.15, 0.2) is 47.5 Å². The summed E-state index contributed by atoms with van der Waals surface area (Å²) >= 11 is 0. The summed E-state index contributed by atoms with van der Waals surface area (Å²) in [5.74, 6) is 1.07. The first-order valence-corrected chi connectivity index (χ1v) is 9.14. The number of nitrogens with one attached hydrogen (secondary N) is 3. The number of guanidine groups is 1. The predicted octanol–water partition coefficient (Wildman–Crippen LogP) is 3.62. The fourth-order valence-electron chi connectivity index (χ4n) is 2.60. The molecule has 0 unspecified atom stereocenters. The lowest BCUT2D eigenvalue weighted by molar-refractivity contribution is -0.114. The molecule has 9 heteroatoms. The quantitative estimate of drug-likeness (QED) is 0.323. The first-order valence-electron chi connectivity index (χ1n) is 9.14. The number of hydrogen-bond acceptors (Lipinski definition) is 4. The molecule has 0 saturated carbocycles. The number of ether oxygens (including phenoxy) is 2. The molecule has 1 heterocycles. The van der Waals surface area contributed by atoms with Gasteiger partial charge in [0.15, 0.2) is 17.5 Å². The molecule has 1 aliphatic rings. The lowest BCUT2D eigenvalue weighted by atomic mass is 10.3. The van der Waals surface area contributed by atoms with Crippen molar-refractivity contribution in [2.24, 2.45) is 4.99 Å². The number of aliphatic imine (C=N–C) groups is 1. The number of carbonyl (C=O) groups is 1. The van der Waals surface area contributed by atoms with Crippen LogP contribution in [0.1, 0.15) is 13.3 Å². The Bertz CT molecular complexity index is 863. The topological polar surface area (TPSA) is 84.0 Å². The molecule has 3 N–H and O–H groups in total. The number of hydrogen-bond donors (Lipinski definition) is 3. The number of benzene rings is 2. The summed E-state index contributed by atoms with van der Waals surface area (Å²) in [4.78, 5) is 16.4. The van der Waals surface area contributed by atoms with Gasteiger partial charge in [0, 0.05) is 30.4 Å². The van der Waals surface area contributed by atoms with Gasteiger partial charge in [0.05, 0.1) is 13.2 Å². The van der Waals surface area contributed by atoms with Gasteiger partial charge in [0.2, 0.25) is 5.91 Å². The van der Waals surface area contributed by atoms with Crippen molar-refractivity contribution < 1.29 is 18.7 Å². The number of anilines is 2. The van der Waals surface area contributed by atoms with Gasteiger partial charge in [-0.3, -0.25) is 4.79 Å². The number of amides is 1. The second-order valence-electron chi connectivity index (χ2n) is 6.09. The third kappa shape index (κ3) is 7.08. The van der Waals surface area contributed by atoms with E-state index in [9.17, 15) is 9.18 Å². The van der Waals surface area contributed by atoms with Gasteiger partial charge in [0.1, 0.15) is 12.4 Å². The summed E-state index contributed by atoms with van der Waals surface area (Å²) in [7, 11) is 0. The van der Waals surface area contributed by atoms with Crippen LogP contribution in [0.3, 0.4) is 0 Å². The minimum atomic E-state index is -0.411. The lowest BCUT2D eigenvalue weighted by Gasteiger charge is -2.13. The maximum Gasteiger partial charge on any atom is 0.246 e. The molecule has 0 spiro atoms. The molecule has 2 aromatic carbocycles. The Morgan fingerprint density at radius 1 is 1.07 bits per heavy atom. The molecule has 1 amide bonds. The summed E-state index contributed by atoms with van der Waals surface area (Å²) < 4.78 is 24.5. The van der Waals surface area contributed by atoms with Gasteiger partial charge < -0.3 is 25.4 Å². The Balaban J connectivity index is 0.00000300. The predicted molar refractivity (Wildman–Crippen MR) is 122 cm³/mol. The zero-order valence-corrected chi connectivity index (χ0v) is 18.4. The fraction of sp³-hybridized carbons (Fsp3) is 0.300. The molecule has 0 fully saturated rings. The highest BCUT2D eigenvalue weighted by atomic mass is 127. The number of fused-ring (bicyclic) bond motifs is 1. The molecule has 7 nitrogen and oxygen atoms in total. The van der Waals surface area contributed by atoms with Crippen molar-refractivity contribution in [2.45, 2.75) is 13.3 Å². The largest absolute Gasteiger partial charge is 0.490 e. The first-order chi connectivity index (χ1) is 13.6. The van der Waals surface area contributed by atoms with Crippen molar-refractivity contribution in [1.29, 1.82) is 0 Å². The van der Waals surface area contributed by atoms with Crippen LogP contribution in [-0.2, 0) is 4.79 Å². The zero-order valence-electron chi connectivity index (χ0n) is 16.0. The molecule has 0 aliphatic carbocycles. The van der Waals surface area contributed by atoms with Gasteiger partial charge in [-0.2, -0.15) is 0 Å². The van der Waals surface area contributed by atoms with Crippen LogP contribution in [0.2, 0.25) is 0 Å². The van der Waals surface area contributed by atoms with E-state index in [1.165, 1.54) is 18.2 Å². The maximum atomic E-state index is 13.2. The highest BCUT2D eigenvalue weighted by molar-refractivity contribution is 14.0. The van der Waals surface area contributed by atoms with Gasteiger partial charge >= 0.3 is 0 Å². The van der Waals surface area contributed by atoms with E-state index in [1.807, 2.05) is 25.1 Å². The van der Waals surface area contributed by atoms with Gasteiger partial charge in [-0.25, -0.2) is 9.38 Å². The number of nitrogens with zero attached hydrogens (tertiary/aromatic N) is 1. The van der Waals surface area contributed by atoms with Crippen molar-refractivity contribution in [2.75, 3.05) is 36.9 Å². The Kier molecular flexibility index (Phi) is 8.97. The van der Waals surface area contributed by atoms with Crippen molar-refractivity contribution >= 4 is 47.2 Å². The van der Waals surface area contributed by atoms with E-state index in [-0.39, 0.29) is 36.4 Å². The van der Waals surface area contributed by atoms with Crippen molar-refractivity contribution in [1.82, 2.24) is 5.32 Å². The van der Waals surface area contributed by atoms with Crippen LogP contribution in [0.25, 0.3) is 0 Å². The molecule has 2 aromatic rings.